The summed E-state index contributed by atoms with van der Waals surface area (Å²) in [7, 11) is 4.88. The van der Waals surface area contributed by atoms with Gasteiger partial charge in [-0.05, 0) is 97.1 Å². The summed E-state index contributed by atoms with van der Waals surface area (Å²) in [5, 5.41) is 16.3. The van der Waals surface area contributed by atoms with Gasteiger partial charge in [-0.1, -0.05) is 48.5 Å². The molecule has 18 rings (SSSR count). The van der Waals surface area contributed by atoms with E-state index in [1.807, 2.05) is 85.5 Å². The number of rotatable bonds is 4. The molecule has 12 heterocycles. The fourth-order valence-corrected chi connectivity index (χ4v) is 12.2. The van der Waals surface area contributed by atoms with Crippen LogP contribution in [0.2, 0.25) is 0 Å². The molecule has 85 heavy (non-hydrogen) atoms. The summed E-state index contributed by atoms with van der Waals surface area (Å²) in [6, 6.07) is 48.9. The molecule has 17 nitrogen and oxygen atoms in total. The first-order valence-corrected chi connectivity index (χ1v) is 27.1. The Bertz CT molecular complexity index is 5200. The van der Waals surface area contributed by atoms with Gasteiger partial charge >= 0.3 is 29.6 Å². The SMILES string of the molecule is C[O-].Cn1c(-c2ccc(-c3nc4c5cccnc5c5ncccc5c4n3C)cc2)nc2c3cccnc3c3ncccc3c21.[Na+].c1cnc2c(c1)c1nc(-c3ccc(-c4nc5c6cccnc6c6ncccc6c5[nH]4)cc3)[nH]c1c1cccnc12. The smallest absolute Gasteiger partial charge is 0.857 e. The Balaban J connectivity index is 0.000000139. The number of aromatic amines is 2. The maximum atomic E-state index is 8.25. The number of H-pyrrole nitrogens is 2. The number of fused-ring (bicyclic) bond motifs is 24. The Morgan fingerprint density at radius 1 is 0.282 bits per heavy atom. The van der Waals surface area contributed by atoms with Crippen molar-refractivity contribution >= 4 is 131 Å². The third-order valence-electron chi connectivity index (χ3n) is 15.9. The molecule has 0 spiro atoms. The molecule has 0 bridgehead atoms. The van der Waals surface area contributed by atoms with Crippen molar-refractivity contribution in [1.29, 1.82) is 0 Å². The largest absolute Gasteiger partial charge is 1.00 e. The molecule has 398 valence electrons. The molecule has 0 unspecified atom stereocenters. The normalized spacial score (nSPS) is 11.7. The van der Waals surface area contributed by atoms with Crippen LogP contribution in [0, 0.1) is 0 Å². The Kier molecular flexibility index (Phi) is 12.3. The van der Waals surface area contributed by atoms with Crippen LogP contribution in [-0.2, 0) is 14.1 Å². The van der Waals surface area contributed by atoms with Crippen molar-refractivity contribution in [3.05, 3.63) is 195 Å². The van der Waals surface area contributed by atoms with Crippen LogP contribution < -0.4 is 34.7 Å². The van der Waals surface area contributed by atoms with Crippen molar-refractivity contribution in [2.24, 2.45) is 14.1 Å². The third kappa shape index (κ3) is 7.93. The van der Waals surface area contributed by atoms with E-state index in [-0.39, 0.29) is 29.6 Å². The molecule has 18 aromatic rings. The standard InChI is InChI=1S/C34H22N8.C32H18N8.CH3O.Na/c1-41-31-23-9-5-17-37-27(23)25-21(7-3-15-35-25)29(31)39-33(41)19-11-13-20(14-12-19)34-40-30-22-8-4-16-36-26(22)28-24(10-6-18-38-28)32(30)42(34)2;1-5-19-23(33-13-1)24-20(6-2-14-34-24)28-27(19)37-31(38-28)17-9-11-18(12-10-17)32-39-29-21-7-3-15-35-25(21)26-22(30(29)40-32)8-4-16-36-26;1-2;/h3-18H,1-2H3;1-16H,(H,37,38)(H,39,40);1H3;/q;;-1;+1. The van der Waals surface area contributed by atoms with Crippen LogP contribution in [0.3, 0.4) is 0 Å². The summed E-state index contributed by atoms with van der Waals surface area (Å²) in [5.41, 5.74) is 18.6. The molecule has 6 aromatic carbocycles. The molecular formula is C67H43N16NaO. The molecule has 0 radical (unpaired) electrons. The first-order chi connectivity index (χ1) is 41.5. The van der Waals surface area contributed by atoms with Crippen LogP contribution in [0.4, 0.5) is 0 Å². The van der Waals surface area contributed by atoms with Gasteiger partial charge in [0.1, 0.15) is 23.3 Å². The van der Waals surface area contributed by atoms with Gasteiger partial charge in [-0.25, -0.2) is 19.9 Å². The number of aromatic nitrogens is 16. The van der Waals surface area contributed by atoms with E-state index < -0.39 is 0 Å². The molecule has 0 atom stereocenters. The van der Waals surface area contributed by atoms with Crippen molar-refractivity contribution in [1.82, 2.24) is 78.9 Å². The number of benzene rings is 6. The minimum Gasteiger partial charge on any atom is -0.857 e. The summed E-state index contributed by atoms with van der Waals surface area (Å²) < 4.78 is 4.32. The zero-order valence-corrected chi connectivity index (χ0v) is 48.1. The number of nitrogens with zero attached hydrogens (tertiary/aromatic N) is 14. The minimum atomic E-state index is 0. The topological polar surface area (TPSA) is 219 Å². The molecule has 0 aliphatic rings. The van der Waals surface area contributed by atoms with Gasteiger partial charge in [0.25, 0.3) is 0 Å². The van der Waals surface area contributed by atoms with E-state index >= 15 is 0 Å². The van der Waals surface area contributed by atoms with Crippen molar-refractivity contribution in [2.75, 3.05) is 7.11 Å². The predicted octanol–water partition coefficient (Wildman–Crippen LogP) is 9.93. The number of pyridine rings is 8. The molecule has 12 aromatic heterocycles. The molecule has 2 N–H and O–H groups in total. The second-order valence-corrected chi connectivity index (χ2v) is 20.4. The number of imidazole rings is 4. The molecule has 0 fully saturated rings. The van der Waals surface area contributed by atoms with E-state index in [4.69, 9.17) is 25.0 Å². The summed E-state index contributed by atoms with van der Waals surface area (Å²) >= 11 is 0. The van der Waals surface area contributed by atoms with E-state index in [2.05, 4.69) is 158 Å². The maximum Gasteiger partial charge on any atom is 1.00 e. The van der Waals surface area contributed by atoms with Crippen LogP contribution >= 0.6 is 0 Å². The van der Waals surface area contributed by atoms with Gasteiger partial charge in [0.15, 0.2) is 0 Å². The van der Waals surface area contributed by atoms with Gasteiger partial charge in [-0.15, -0.1) is 0 Å². The second-order valence-electron chi connectivity index (χ2n) is 20.4. The quantitative estimate of drug-likeness (QED) is 0.124. The summed E-state index contributed by atoms with van der Waals surface area (Å²) in [4.78, 5) is 64.5. The Morgan fingerprint density at radius 2 is 0.529 bits per heavy atom. The Labute approximate surface area is 503 Å². The summed E-state index contributed by atoms with van der Waals surface area (Å²) in [6.45, 7) is 0. The first kappa shape index (κ1) is 51.3. The number of aryl methyl sites for hydroxylation is 2. The second kappa shape index (κ2) is 20.4. The van der Waals surface area contributed by atoms with Gasteiger partial charge in [0.2, 0.25) is 0 Å². The minimum absolute atomic E-state index is 0. The van der Waals surface area contributed by atoms with Gasteiger partial charge in [-0.2, -0.15) is 7.11 Å². The number of hydrogen-bond donors (Lipinski definition) is 2. The molecule has 18 heteroatoms. The van der Waals surface area contributed by atoms with E-state index in [9.17, 15) is 0 Å². The van der Waals surface area contributed by atoms with Crippen LogP contribution in [0.5, 0.6) is 0 Å². The average molecular weight is 1110 g/mol. The summed E-state index contributed by atoms with van der Waals surface area (Å²) in [5.74, 6) is 3.36. The molecule has 0 aliphatic carbocycles. The van der Waals surface area contributed by atoms with Crippen LogP contribution in [0.15, 0.2) is 195 Å². The van der Waals surface area contributed by atoms with Crippen LogP contribution in [0.1, 0.15) is 0 Å². The molecule has 0 aliphatic heterocycles. The van der Waals surface area contributed by atoms with E-state index in [0.29, 0.717) is 0 Å². The fraction of sp³-hybridized carbons (Fsp3) is 0.0448. The molecule has 0 amide bonds. The Hall–Kier alpha value is -10.6. The molecule has 0 saturated heterocycles. The first-order valence-electron chi connectivity index (χ1n) is 27.1. The van der Waals surface area contributed by atoms with Gasteiger partial charge in [0.05, 0.1) is 88.3 Å². The molecule has 0 saturated carbocycles. The van der Waals surface area contributed by atoms with E-state index in [0.717, 1.165) is 184 Å². The molecular weight excluding hydrogens is 1070 g/mol. The summed E-state index contributed by atoms with van der Waals surface area (Å²) in [6.07, 6.45) is 14.4. The van der Waals surface area contributed by atoms with E-state index in [1.54, 1.807) is 24.8 Å². The number of nitrogens with one attached hydrogen (secondary N) is 2. The van der Waals surface area contributed by atoms with Crippen LogP contribution in [0.25, 0.3) is 177 Å². The van der Waals surface area contributed by atoms with E-state index in [1.165, 1.54) is 0 Å². The Morgan fingerprint density at radius 3 is 0.847 bits per heavy atom. The number of hydrogen-bond acceptors (Lipinski definition) is 13. The van der Waals surface area contributed by atoms with Crippen molar-refractivity contribution < 1.29 is 34.7 Å². The fourth-order valence-electron chi connectivity index (χ4n) is 12.2. The zero-order chi connectivity index (χ0) is 56.2. The van der Waals surface area contributed by atoms with Gasteiger partial charge < -0.3 is 24.2 Å². The van der Waals surface area contributed by atoms with Gasteiger partial charge in [-0.3, -0.25) is 39.9 Å². The monoisotopic (exact) mass is 1110 g/mol. The predicted molar refractivity (Wildman–Crippen MR) is 331 cm³/mol. The third-order valence-corrected chi connectivity index (χ3v) is 15.9. The van der Waals surface area contributed by atoms with Crippen LogP contribution in [-0.4, -0.2) is 86.0 Å². The van der Waals surface area contributed by atoms with Crippen molar-refractivity contribution in [2.45, 2.75) is 0 Å². The maximum absolute atomic E-state index is 8.25. The van der Waals surface area contributed by atoms with Gasteiger partial charge in [0, 0.05) is 129 Å². The van der Waals surface area contributed by atoms with Crippen molar-refractivity contribution in [3.63, 3.8) is 0 Å². The van der Waals surface area contributed by atoms with Crippen molar-refractivity contribution in [3.8, 4) is 45.6 Å². The zero-order valence-electron chi connectivity index (χ0n) is 46.1. The average Bonchev–Trinajstić information content (AvgIpc) is 2.11.